The maximum Gasteiger partial charge on any atom is 0.250 e. The number of hydrogen-bond acceptors (Lipinski definition) is 4. The first-order chi connectivity index (χ1) is 10.3. The van der Waals surface area contributed by atoms with E-state index in [2.05, 4.69) is 40.3 Å². The van der Waals surface area contributed by atoms with Gasteiger partial charge in [-0.3, -0.25) is 4.79 Å². The fraction of sp³-hybridized carbons (Fsp3) is 0.188. The van der Waals surface area contributed by atoms with Gasteiger partial charge in [-0.25, -0.2) is 0 Å². The molecule has 3 aromatic rings. The van der Waals surface area contributed by atoms with Gasteiger partial charge >= 0.3 is 0 Å². The average Bonchev–Trinajstić information content (AvgIpc) is 3.20. The van der Waals surface area contributed by atoms with Crippen LogP contribution in [-0.2, 0) is 6.54 Å². The Morgan fingerprint density at radius 2 is 1.76 bits per heavy atom. The molecule has 0 amide bonds. The Kier molecular flexibility index (Phi) is 4.22. The van der Waals surface area contributed by atoms with Crippen LogP contribution >= 0.6 is 22.7 Å². The number of rotatable bonds is 5. The van der Waals surface area contributed by atoms with Crippen LogP contribution in [0, 0.1) is 0 Å². The zero-order valence-electron chi connectivity index (χ0n) is 11.7. The Balaban J connectivity index is 1.94. The third-order valence-corrected chi connectivity index (χ3v) is 5.16. The van der Waals surface area contributed by atoms with E-state index in [1.807, 2.05) is 19.2 Å². The van der Waals surface area contributed by atoms with Crippen LogP contribution < -0.4 is 10.9 Å². The molecule has 0 aliphatic heterocycles. The largest absolute Gasteiger partial charge is 0.372 e. The topological polar surface area (TPSA) is 34.0 Å². The molecule has 0 saturated heterocycles. The van der Waals surface area contributed by atoms with Gasteiger partial charge in [0, 0.05) is 28.6 Å². The lowest BCUT2D eigenvalue weighted by molar-refractivity contribution is 0.727. The van der Waals surface area contributed by atoms with Gasteiger partial charge in [0.15, 0.2) is 0 Å². The molecule has 0 aromatic carbocycles. The highest BCUT2D eigenvalue weighted by molar-refractivity contribution is 7.11. The molecule has 108 valence electrons. The summed E-state index contributed by atoms with van der Waals surface area (Å²) in [6.07, 6.45) is 1.89. The summed E-state index contributed by atoms with van der Waals surface area (Å²) in [6.45, 7) is 2.65. The molecule has 1 N–H and O–H groups in total. The van der Waals surface area contributed by atoms with E-state index >= 15 is 0 Å². The molecule has 3 aromatic heterocycles. The van der Waals surface area contributed by atoms with Crippen molar-refractivity contribution < 1.29 is 0 Å². The van der Waals surface area contributed by atoms with Crippen LogP contribution in [0.3, 0.4) is 0 Å². The van der Waals surface area contributed by atoms with E-state index in [0.29, 0.717) is 6.54 Å². The second-order valence-electron chi connectivity index (χ2n) is 4.65. The molecule has 0 aliphatic rings. The smallest absolute Gasteiger partial charge is 0.250 e. The highest BCUT2D eigenvalue weighted by Gasteiger charge is 2.16. The molecule has 3 rings (SSSR count). The number of nitrogens with zero attached hydrogens (tertiary/aromatic N) is 1. The predicted molar refractivity (Wildman–Crippen MR) is 90.5 cm³/mol. The lowest BCUT2D eigenvalue weighted by atomic mass is 10.2. The van der Waals surface area contributed by atoms with Crippen LogP contribution in [0.5, 0.6) is 0 Å². The first-order valence-electron chi connectivity index (χ1n) is 6.81. The molecule has 3 nitrogen and oxygen atoms in total. The number of thiophene rings is 2. The van der Waals surface area contributed by atoms with Gasteiger partial charge in [0.2, 0.25) is 0 Å². The van der Waals surface area contributed by atoms with Gasteiger partial charge in [-0.1, -0.05) is 12.1 Å². The maximum atomic E-state index is 11.7. The van der Waals surface area contributed by atoms with Crippen LogP contribution in [0.15, 0.2) is 58.1 Å². The average molecular weight is 316 g/mol. The summed E-state index contributed by atoms with van der Waals surface area (Å²) in [5.41, 5.74) is 0.995. The molecule has 0 aliphatic carbocycles. The predicted octanol–water partition coefficient (Wildman–Crippen LogP) is 4.19. The summed E-state index contributed by atoms with van der Waals surface area (Å²) >= 11 is 3.47. The van der Waals surface area contributed by atoms with E-state index in [-0.39, 0.29) is 11.6 Å². The van der Waals surface area contributed by atoms with Crippen molar-refractivity contribution in [3.05, 3.63) is 73.5 Å². The first-order valence-corrected chi connectivity index (χ1v) is 8.57. The van der Waals surface area contributed by atoms with Crippen molar-refractivity contribution >= 4 is 28.4 Å². The molecule has 3 heterocycles. The molecule has 21 heavy (non-hydrogen) atoms. The van der Waals surface area contributed by atoms with Crippen molar-refractivity contribution in [1.82, 2.24) is 4.57 Å². The van der Waals surface area contributed by atoms with E-state index in [4.69, 9.17) is 0 Å². The van der Waals surface area contributed by atoms with E-state index in [9.17, 15) is 4.79 Å². The van der Waals surface area contributed by atoms with Crippen molar-refractivity contribution in [2.75, 3.05) is 5.32 Å². The fourth-order valence-corrected chi connectivity index (χ4v) is 3.89. The number of anilines is 1. The number of hydrogen-bond donors (Lipinski definition) is 1. The maximum absolute atomic E-state index is 11.7. The second-order valence-corrected chi connectivity index (χ2v) is 6.61. The molecule has 5 heteroatoms. The number of nitrogens with one attached hydrogen (secondary N) is 1. The fourth-order valence-electron chi connectivity index (χ4n) is 2.22. The molecule has 0 unspecified atom stereocenters. The minimum absolute atomic E-state index is 0.0341. The normalized spacial score (nSPS) is 11.0. The van der Waals surface area contributed by atoms with Crippen molar-refractivity contribution in [2.24, 2.45) is 0 Å². The minimum atomic E-state index is 0.0341. The van der Waals surface area contributed by atoms with Gasteiger partial charge in [0.25, 0.3) is 5.56 Å². The van der Waals surface area contributed by atoms with Crippen molar-refractivity contribution in [2.45, 2.75) is 19.5 Å². The highest BCUT2D eigenvalue weighted by atomic mass is 32.1. The molecule has 0 bridgehead atoms. The Morgan fingerprint density at radius 3 is 2.29 bits per heavy atom. The quantitative estimate of drug-likeness (QED) is 0.765. The standard InChI is InChI=1S/C16H16N2OS2/c1-2-18-11-12(7-8-15(18)19)17-16(13-5-3-9-20-13)14-6-4-10-21-14/h3-11,16-17H,2H2,1H3. The molecule has 0 spiro atoms. The van der Waals surface area contributed by atoms with Gasteiger partial charge in [-0.05, 0) is 35.9 Å². The zero-order chi connectivity index (χ0) is 14.7. The Hall–Kier alpha value is -1.85. The lowest BCUT2D eigenvalue weighted by Crippen LogP contribution is -2.19. The van der Waals surface area contributed by atoms with Gasteiger partial charge in [0.1, 0.15) is 0 Å². The summed E-state index contributed by atoms with van der Waals surface area (Å²) in [4.78, 5) is 14.2. The number of aromatic nitrogens is 1. The number of aryl methyl sites for hydroxylation is 1. The van der Waals surface area contributed by atoms with E-state index in [1.54, 1.807) is 33.3 Å². The minimum Gasteiger partial charge on any atom is -0.372 e. The Labute approximate surface area is 131 Å². The summed E-state index contributed by atoms with van der Waals surface area (Å²) in [5, 5.41) is 7.72. The monoisotopic (exact) mass is 316 g/mol. The summed E-state index contributed by atoms with van der Waals surface area (Å²) in [7, 11) is 0. The van der Waals surface area contributed by atoms with E-state index < -0.39 is 0 Å². The van der Waals surface area contributed by atoms with Crippen LogP contribution in [0.2, 0.25) is 0 Å². The zero-order valence-corrected chi connectivity index (χ0v) is 13.3. The van der Waals surface area contributed by atoms with Gasteiger partial charge in [0.05, 0.1) is 11.7 Å². The molecular formula is C16H16N2OS2. The van der Waals surface area contributed by atoms with E-state index in [1.165, 1.54) is 9.75 Å². The van der Waals surface area contributed by atoms with Crippen LogP contribution in [0.25, 0.3) is 0 Å². The third-order valence-electron chi connectivity index (χ3n) is 3.29. The molecule has 0 saturated carbocycles. The highest BCUT2D eigenvalue weighted by Crippen LogP contribution is 2.32. The van der Waals surface area contributed by atoms with Gasteiger partial charge in [-0.2, -0.15) is 0 Å². The molecule has 0 radical (unpaired) electrons. The molecule has 0 atom stereocenters. The van der Waals surface area contributed by atoms with Crippen molar-refractivity contribution in [3.63, 3.8) is 0 Å². The first kappa shape index (κ1) is 14.1. The Bertz CT molecular complexity index is 711. The van der Waals surface area contributed by atoms with Crippen LogP contribution in [0.4, 0.5) is 5.69 Å². The summed E-state index contributed by atoms with van der Waals surface area (Å²) < 4.78 is 1.71. The van der Waals surface area contributed by atoms with Crippen molar-refractivity contribution in [3.8, 4) is 0 Å². The van der Waals surface area contributed by atoms with Gasteiger partial charge in [-0.15, -0.1) is 22.7 Å². The van der Waals surface area contributed by atoms with Crippen LogP contribution in [0.1, 0.15) is 22.7 Å². The Morgan fingerprint density at radius 1 is 1.10 bits per heavy atom. The van der Waals surface area contributed by atoms with Crippen LogP contribution in [-0.4, -0.2) is 4.57 Å². The third kappa shape index (κ3) is 3.09. The SMILES string of the molecule is CCn1cc(NC(c2cccs2)c2cccs2)ccc1=O. The molecular weight excluding hydrogens is 300 g/mol. The van der Waals surface area contributed by atoms with Gasteiger partial charge < -0.3 is 9.88 Å². The summed E-state index contributed by atoms with van der Waals surface area (Å²) in [6, 6.07) is 12.0. The summed E-state index contributed by atoms with van der Waals surface area (Å²) in [5.74, 6) is 0. The molecule has 0 fully saturated rings. The second kappa shape index (κ2) is 6.28. The lowest BCUT2D eigenvalue weighted by Gasteiger charge is -2.18. The van der Waals surface area contributed by atoms with Crippen molar-refractivity contribution in [1.29, 1.82) is 0 Å². The van der Waals surface area contributed by atoms with E-state index in [0.717, 1.165) is 5.69 Å². The number of pyridine rings is 1.